The summed E-state index contributed by atoms with van der Waals surface area (Å²) in [7, 11) is 1.66. The smallest absolute Gasteiger partial charge is 0.227 e. The van der Waals surface area contributed by atoms with Crippen molar-refractivity contribution in [1.29, 1.82) is 0 Å². The number of likely N-dealkylation sites (tertiary alicyclic amines) is 1. The number of amides is 1. The molecule has 1 saturated heterocycles. The van der Waals surface area contributed by atoms with Gasteiger partial charge < -0.3 is 5.32 Å². The summed E-state index contributed by atoms with van der Waals surface area (Å²) in [5, 5.41) is 2.72. The van der Waals surface area contributed by atoms with Crippen molar-refractivity contribution in [2.24, 2.45) is 5.41 Å². The van der Waals surface area contributed by atoms with Crippen molar-refractivity contribution in [3.05, 3.63) is 34.9 Å². The fourth-order valence-corrected chi connectivity index (χ4v) is 2.89. The van der Waals surface area contributed by atoms with Crippen molar-refractivity contribution >= 4 is 11.7 Å². The quantitative estimate of drug-likeness (QED) is 0.862. The van der Waals surface area contributed by atoms with E-state index in [1.807, 2.05) is 39.0 Å². The van der Waals surface area contributed by atoms with E-state index in [0.29, 0.717) is 13.1 Å². The second kappa shape index (κ2) is 5.98. The second-order valence-electron chi connectivity index (χ2n) is 6.32. The van der Waals surface area contributed by atoms with Gasteiger partial charge in [0.2, 0.25) is 5.91 Å². The van der Waals surface area contributed by atoms with Crippen LogP contribution in [0.5, 0.6) is 0 Å². The van der Waals surface area contributed by atoms with Crippen molar-refractivity contribution < 1.29 is 9.59 Å². The molecule has 1 aliphatic heterocycles. The number of nitrogens with one attached hydrogen (secondary N) is 1. The predicted molar refractivity (Wildman–Crippen MR) is 83.5 cm³/mol. The summed E-state index contributed by atoms with van der Waals surface area (Å²) in [5.74, 6) is 0.183. The molecule has 1 aliphatic rings. The van der Waals surface area contributed by atoms with Crippen molar-refractivity contribution in [1.82, 2.24) is 10.2 Å². The van der Waals surface area contributed by atoms with Crippen LogP contribution < -0.4 is 5.32 Å². The van der Waals surface area contributed by atoms with Crippen LogP contribution in [0.4, 0.5) is 0 Å². The van der Waals surface area contributed by atoms with E-state index in [-0.39, 0.29) is 17.1 Å². The maximum atomic E-state index is 12.4. The van der Waals surface area contributed by atoms with Crippen LogP contribution in [0.2, 0.25) is 0 Å². The molecule has 1 heterocycles. The van der Waals surface area contributed by atoms with Gasteiger partial charge in [-0.15, -0.1) is 0 Å². The molecule has 0 saturated carbocycles. The van der Waals surface area contributed by atoms with Crippen molar-refractivity contribution in [3.8, 4) is 0 Å². The van der Waals surface area contributed by atoms with E-state index in [4.69, 9.17) is 0 Å². The summed E-state index contributed by atoms with van der Waals surface area (Å²) in [4.78, 5) is 26.3. The van der Waals surface area contributed by atoms with E-state index < -0.39 is 0 Å². The number of ketones is 1. The van der Waals surface area contributed by atoms with Gasteiger partial charge in [0.1, 0.15) is 0 Å². The van der Waals surface area contributed by atoms with E-state index in [1.54, 1.807) is 7.05 Å². The summed E-state index contributed by atoms with van der Waals surface area (Å²) < 4.78 is 0. The van der Waals surface area contributed by atoms with Crippen molar-refractivity contribution in [2.45, 2.75) is 27.2 Å². The number of carbonyl (C=O) groups is 2. The van der Waals surface area contributed by atoms with Gasteiger partial charge in [-0.3, -0.25) is 14.5 Å². The lowest BCUT2D eigenvalue weighted by molar-refractivity contribution is -0.129. The minimum atomic E-state index is -0.377. The van der Waals surface area contributed by atoms with Crippen LogP contribution in [-0.4, -0.2) is 43.3 Å². The molecule has 1 aromatic carbocycles. The Labute approximate surface area is 126 Å². The van der Waals surface area contributed by atoms with E-state index in [2.05, 4.69) is 10.2 Å². The first-order chi connectivity index (χ1) is 9.85. The van der Waals surface area contributed by atoms with Gasteiger partial charge >= 0.3 is 0 Å². The third kappa shape index (κ3) is 3.32. The highest BCUT2D eigenvalue weighted by Crippen LogP contribution is 2.30. The maximum absolute atomic E-state index is 12.4. The molecular formula is C17H24N2O2. The first kappa shape index (κ1) is 15.7. The van der Waals surface area contributed by atoms with E-state index >= 15 is 0 Å². The Kier molecular flexibility index (Phi) is 4.47. The zero-order chi connectivity index (χ0) is 15.6. The number of nitrogens with zero attached hydrogens (tertiary/aromatic N) is 1. The molecule has 1 aromatic rings. The van der Waals surface area contributed by atoms with Crippen LogP contribution in [0.3, 0.4) is 0 Å². The monoisotopic (exact) mass is 288 g/mol. The number of benzene rings is 1. The van der Waals surface area contributed by atoms with Crippen molar-refractivity contribution in [3.63, 3.8) is 0 Å². The molecular weight excluding hydrogens is 264 g/mol. The Morgan fingerprint density at radius 1 is 1.29 bits per heavy atom. The summed E-state index contributed by atoms with van der Waals surface area (Å²) in [6, 6.07) is 5.82. The molecule has 1 fully saturated rings. The van der Waals surface area contributed by atoms with Crippen LogP contribution in [0.1, 0.15) is 34.8 Å². The van der Waals surface area contributed by atoms with Crippen LogP contribution in [0.25, 0.3) is 0 Å². The Morgan fingerprint density at radius 3 is 2.62 bits per heavy atom. The Morgan fingerprint density at radius 2 is 2.00 bits per heavy atom. The molecule has 1 amide bonds. The summed E-state index contributed by atoms with van der Waals surface area (Å²) >= 11 is 0. The molecule has 1 N–H and O–H groups in total. The average Bonchev–Trinajstić information content (AvgIpc) is 2.83. The minimum absolute atomic E-state index is 0.0589. The Bertz CT molecular complexity index is 568. The second-order valence-corrected chi connectivity index (χ2v) is 6.32. The topological polar surface area (TPSA) is 49.4 Å². The first-order valence-corrected chi connectivity index (χ1v) is 7.41. The standard InChI is InChI=1S/C17H24N2O2/c1-12-5-6-14(9-13(12)2)15(20)10-19-8-7-17(3,11-19)16(21)18-4/h5-6,9H,7-8,10-11H2,1-4H3,(H,18,21). The lowest BCUT2D eigenvalue weighted by atomic mass is 9.89. The lowest BCUT2D eigenvalue weighted by Crippen LogP contribution is -2.40. The van der Waals surface area contributed by atoms with Crippen LogP contribution >= 0.6 is 0 Å². The molecule has 0 spiro atoms. The highest BCUT2D eigenvalue weighted by atomic mass is 16.2. The summed E-state index contributed by atoms with van der Waals surface area (Å²) in [6.07, 6.45) is 0.798. The number of rotatable bonds is 4. The molecule has 0 aromatic heterocycles. The van der Waals surface area contributed by atoms with Crippen molar-refractivity contribution in [2.75, 3.05) is 26.7 Å². The van der Waals surface area contributed by atoms with Crippen LogP contribution in [0.15, 0.2) is 18.2 Å². The summed E-state index contributed by atoms with van der Waals surface area (Å²) in [6.45, 7) is 7.84. The predicted octanol–water partition coefficient (Wildman–Crippen LogP) is 1.94. The minimum Gasteiger partial charge on any atom is -0.359 e. The maximum Gasteiger partial charge on any atom is 0.227 e. The molecule has 1 unspecified atom stereocenters. The molecule has 0 aliphatic carbocycles. The normalized spacial score (nSPS) is 22.3. The number of carbonyl (C=O) groups excluding carboxylic acids is 2. The molecule has 0 radical (unpaired) electrons. The van der Waals surface area contributed by atoms with E-state index in [1.165, 1.54) is 5.56 Å². The fraction of sp³-hybridized carbons (Fsp3) is 0.529. The van der Waals surface area contributed by atoms with Gasteiger partial charge in [0.15, 0.2) is 5.78 Å². The molecule has 114 valence electrons. The molecule has 21 heavy (non-hydrogen) atoms. The Balaban J connectivity index is 2.01. The third-order valence-electron chi connectivity index (χ3n) is 4.52. The van der Waals surface area contributed by atoms with Crippen LogP contribution in [-0.2, 0) is 4.79 Å². The molecule has 2 rings (SSSR count). The zero-order valence-electron chi connectivity index (χ0n) is 13.3. The number of hydrogen-bond acceptors (Lipinski definition) is 3. The molecule has 4 nitrogen and oxygen atoms in total. The highest BCUT2D eigenvalue weighted by Gasteiger charge is 2.40. The number of hydrogen-bond donors (Lipinski definition) is 1. The zero-order valence-corrected chi connectivity index (χ0v) is 13.3. The largest absolute Gasteiger partial charge is 0.359 e. The van der Waals surface area contributed by atoms with Gasteiger partial charge in [0, 0.05) is 19.2 Å². The molecule has 1 atom stereocenters. The van der Waals surface area contributed by atoms with Gasteiger partial charge in [-0.1, -0.05) is 12.1 Å². The van der Waals surface area contributed by atoms with Gasteiger partial charge in [-0.2, -0.15) is 0 Å². The third-order valence-corrected chi connectivity index (χ3v) is 4.52. The Hall–Kier alpha value is -1.68. The highest BCUT2D eigenvalue weighted by molar-refractivity contribution is 5.98. The van der Waals surface area contributed by atoms with Gasteiger partial charge in [0.25, 0.3) is 0 Å². The first-order valence-electron chi connectivity index (χ1n) is 7.41. The number of Topliss-reactive ketones (excluding diaryl/α,β-unsaturated/α-hetero) is 1. The fourth-order valence-electron chi connectivity index (χ4n) is 2.89. The number of aryl methyl sites for hydroxylation is 2. The molecule has 0 bridgehead atoms. The SMILES string of the molecule is CNC(=O)C1(C)CCN(CC(=O)c2ccc(C)c(C)c2)C1. The van der Waals surface area contributed by atoms with E-state index in [0.717, 1.165) is 24.1 Å². The van der Waals surface area contributed by atoms with Gasteiger partial charge in [-0.05, 0) is 50.9 Å². The average molecular weight is 288 g/mol. The van der Waals surface area contributed by atoms with Crippen LogP contribution in [0, 0.1) is 19.3 Å². The summed E-state index contributed by atoms with van der Waals surface area (Å²) in [5.41, 5.74) is 2.71. The van der Waals surface area contributed by atoms with E-state index in [9.17, 15) is 9.59 Å². The molecule has 4 heteroatoms. The van der Waals surface area contributed by atoms with Gasteiger partial charge in [-0.25, -0.2) is 0 Å². The lowest BCUT2D eigenvalue weighted by Gasteiger charge is -2.22. The van der Waals surface area contributed by atoms with Gasteiger partial charge in [0.05, 0.1) is 12.0 Å².